The molecule has 1 aliphatic rings. The Morgan fingerprint density at radius 2 is 1.76 bits per heavy atom. The van der Waals surface area contributed by atoms with Gasteiger partial charge in [0.25, 0.3) is 11.8 Å². The van der Waals surface area contributed by atoms with Gasteiger partial charge in [-0.3, -0.25) is 19.3 Å². The van der Waals surface area contributed by atoms with E-state index in [1.807, 2.05) is 43.1 Å². The largest absolute Gasteiger partial charge is 0.399 e. The van der Waals surface area contributed by atoms with Crippen LogP contribution in [0.2, 0.25) is 5.02 Å². The maximum absolute atomic E-state index is 12.3. The van der Waals surface area contributed by atoms with E-state index in [1.165, 1.54) is 4.90 Å². The standard InChI is InChI=1S/C18H19N3O2.C6H3ClN2OS/c1-12-11-13(7-8-16(12)19)20(2)9-10-21-17(22)14-5-3-4-6-15(14)18(21)23;7-5-3(1-8)6(9)11-4(5)2-10/h3-8,11H,9-10,19H2,1-2H3;2H,9H2. The molecule has 2 aromatic carbocycles. The van der Waals surface area contributed by atoms with Gasteiger partial charge in [-0.25, -0.2) is 0 Å². The molecule has 0 aliphatic carbocycles. The number of hydrogen-bond donors (Lipinski definition) is 2. The van der Waals surface area contributed by atoms with Gasteiger partial charge in [0.05, 0.1) is 21.0 Å². The number of anilines is 3. The molecule has 8 nitrogen and oxygen atoms in total. The SMILES string of the molecule is Cc1cc(N(C)CCN2C(=O)c3ccccc3C2=O)ccc1N.N#Cc1c(N)sc(C=O)c1Cl. The van der Waals surface area contributed by atoms with Crippen LogP contribution in [0.5, 0.6) is 0 Å². The number of nitrogens with zero attached hydrogens (tertiary/aromatic N) is 3. The van der Waals surface area contributed by atoms with Gasteiger partial charge in [0.2, 0.25) is 0 Å². The van der Waals surface area contributed by atoms with E-state index in [-0.39, 0.29) is 22.4 Å². The molecule has 4 rings (SSSR count). The summed E-state index contributed by atoms with van der Waals surface area (Å²) < 4.78 is 0. The predicted molar refractivity (Wildman–Crippen MR) is 135 cm³/mol. The molecule has 0 saturated heterocycles. The van der Waals surface area contributed by atoms with Gasteiger partial charge in [0, 0.05) is 31.5 Å². The van der Waals surface area contributed by atoms with Crippen LogP contribution in [-0.2, 0) is 0 Å². The average Bonchev–Trinajstić information content (AvgIpc) is 3.25. The number of nitriles is 1. The number of amides is 2. The third-order valence-corrected chi connectivity index (χ3v) is 6.80. The molecule has 0 radical (unpaired) electrons. The van der Waals surface area contributed by atoms with E-state index in [2.05, 4.69) is 0 Å². The fourth-order valence-corrected chi connectivity index (χ4v) is 4.43. The number of aldehydes is 1. The Hall–Kier alpha value is -3.87. The third-order valence-electron chi connectivity index (χ3n) is 5.35. The van der Waals surface area contributed by atoms with Crippen molar-refractivity contribution in [1.29, 1.82) is 5.26 Å². The molecule has 3 aromatic rings. The lowest BCUT2D eigenvalue weighted by Gasteiger charge is -2.23. The Kier molecular flexibility index (Phi) is 7.56. The Bertz CT molecular complexity index is 1280. The lowest BCUT2D eigenvalue weighted by atomic mass is 10.1. The highest BCUT2D eigenvalue weighted by molar-refractivity contribution is 7.18. The molecule has 2 heterocycles. The minimum atomic E-state index is -0.215. The summed E-state index contributed by atoms with van der Waals surface area (Å²) in [5.74, 6) is -0.431. The number of thiophene rings is 1. The number of benzene rings is 2. The van der Waals surface area contributed by atoms with Crippen molar-refractivity contribution < 1.29 is 14.4 Å². The van der Waals surface area contributed by atoms with Gasteiger partial charge in [0.1, 0.15) is 16.6 Å². The van der Waals surface area contributed by atoms with E-state index < -0.39 is 0 Å². The minimum absolute atomic E-state index is 0.157. The molecule has 34 heavy (non-hydrogen) atoms. The molecule has 0 spiro atoms. The summed E-state index contributed by atoms with van der Waals surface area (Å²) >= 11 is 6.63. The van der Waals surface area contributed by atoms with Gasteiger partial charge < -0.3 is 16.4 Å². The third kappa shape index (κ3) is 4.88. The molecular weight excluding hydrogens is 474 g/mol. The number of carbonyl (C=O) groups is 3. The van der Waals surface area contributed by atoms with Crippen LogP contribution in [0.1, 0.15) is 41.5 Å². The fraction of sp³-hybridized carbons (Fsp3) is 0.167. The van der Waals surface area contributed by atoms with Crippen LogP contribution in [0.25, 0.3) is 0 Å². The highest BCUT2D eigenvalue weighted by Gasteiger charge is 2.34. The molecule has 10 heteroatoms. The van der Waals surface area contributed by atoms with Gasteiger partial charge in [-0.2, -0.15) is 5.26 Å². The maximum atomic E-state index is 12.3. The number of nitrogens with two attached hydrogens (primary N) is 2. The highest BCUT2D eigenvalue weighted by Crippen LogP contribution is 2.32. The zero-order valence-electron chi connectivity index (χ0n) is 18.5. The molecule has 0 fully saturated rings. The first-order chi connectivity index (χ1) is 16.2. The van der Waals surface area contributed by atoms with Crippen molar-refractivity contribution >= 4 is 57.4 Å². The number of aryl methyl sites for hydroxylation is 1. The van der Waals surface area contributed by atoms with Crippen molar-refractivity contribution in [2.75, 3.05) is 36.5 Å². The molecule has 4 N–H and O–H groups in total. The molecule has 0 atom stereocenters. The molecule has 0 bridgehead atoms. The van der Waals surface area contributed by atoms with Crippen LogP contribution in [0.3, 0.4) is 0 Å². The first-order valence-electron chi connectivity index (χ1n) is 10.1. The van der Waals surface area contributed by atoms with Gasteiger partial charge in [-0.15, -0.1) is 11.3 Å². The van der Waals surface area contributed by atoms with Crippen LogP contribution in [0.4, 0.5) is 16.4 Å². The van der Waals surface area contributed by atoms with E-state index in [0.29, 0.717) is 40.4 Å². The fourth-order valence-electron chi connectivity index (χ4n) is 3.34. The van der Waals surface area contributed by atoms with Crippen molar-refractivity contribution in [1.82, 2.24) is 4.90 Å². The van der Waals surface area contributed by atoms with Gasteiger partial charge in [0.15, 0.2) is 6.29 Å². The Balaban J connectivity index is 0.000000248. The molecular formula is C24H22ClN5O3S. The zero-order valence-corrected chi connectivity index (χ0v) is 20.1. The number of rotatable bonds is 5. The van der Waals surface area contributed by atoms with Crippen molar-refractivity contribution in [3.05, 3.63) is 74.6 Å². The van der Waals surface area contributed by atoms with E-state index in [0.717, 1.165) is 28.3 Å². The molecule has 1 aromatic heterocycles. The first kappa shape index (κ1) is 24.8. The molecule has 1 aliphatic heterocycles. The lowest BCUT2D eigenvalue weighted by molar-refractivity contribution is 0.0658. The number of hydrogen-bond acceptors (Lipinski definition) is 8. The van der Waals surface area contributed by atoms with Crippen LogP contribution in [-0.4, -0.2) is 43.1 Å². The van der Waals surface area contributed by atoms with Crippen molar-refractivity contribution in [2.24, 2.45) is 0 Å². The second kappa shape index (κ2) is 10.4. The highest BCUT2D eigenvalue weighted by atomic mass is 35.5. The van der Waals surface area contributed by atoms with Crippen molar-refractivity contribution in [3.8, 4) is 6.07 Å². The maximum Gasteiger partial charge on any atom is 0.261 e. The second-order valence-corrected chi connectivity index (χ2v) is 8.98. The number of halogens is 1. The Labute approximate surface area is 205 Å². The number of likely N-dealkylation sites (N-methyl/N-ethyl adjacent to an activating group) is 1. The number of fused-ring (bicyclic) bond motifs is 1. The topological polar surface area (TPSA) is 134 Å². The van der Waals surface area contributed by atoms with Gasteiger partial charge in [-0.1, -0.05) is 23.7 Å². The first-order valence-corrected chi connectivity index (χ1v) is 11.3. The van der Waals surface area contributed by atoms with E-state index in [4.69, 9.17) is 28.3 Å². The van der Waals surface area contributed by atoms with Crippen LogP contribution < -0.4 is 16.4 Å². The second-order valence-electron chi connectivity index (χ2n) is 7.52. The van der Waals surface area contributed by atoms with Gasteiger partial charge >= 0.3 is 0 Å². The smallest absolute Gasteiger partial charge is 0.261 e. The summed E-state index contributed by atoms with van der Waals surface area (Å²) in [5, 5.41) is 8.93. The number of nitrogen functional groups attached to an aromatic ring is 2. The summed E-state index contributed by atoms with van der Waals surface area (Å²) in [5.41, 5.74) is 15.2. The molecule has 0 saturated carbocycles. The number of carbonyl (C=O) groups excluding carboxylic acids is 3. The quantitative estimate of drug-likeness (QED) is 0.310. The summed E-state index contributed by atoms with van der Waals surface area (Å²) in [6.45, 7) is 2.87. The van der Waals surface area contributed by atoms with E-state index in [1.54, 1.807) is 24.3 Å². The average molecular weight is 496 g/mol. The van der Waals surface area contributed by atoms with E-state index in [9.17, 15) is 14.4 Å². The monoisotopic (exact) mass is 495 g/mol. The van der Waals surface area contributed by atoms with Gasteiger partial charge in [-0.05, 0) is 42.8 Å². The van der Waals surface area contributed by atoms with Crippen molar-refractivity contribution in [3.63, 3.8) is 0 Å². The summed E-state index contributed by atoms with van der Waals surface area (Å²) in [6.07, 6.45) is 0.587. The van der Waals surface area contributed by atoms with Crippen LogP contribution in [0, 0.1) is 18.3 Å². The van der Waals surface area contributed by atoms with Crippen LogP contribution >= 0.6 is 22.9 Å². The molecule has 2 amide bonds. The summed E-state index contributed by atoms with van der Waals surface area (Å²) in [7, 11) is 1.93. The van der Waals surface area contributed by atoms with Crippen LogP contribution in [0.15, 0.2) is 42.5 Å². The molecule has 174 valence electrons. The lowest BCUT2D eigenvalue weighted by Crippen LogP contribution is -2.37. The predicted octanol–water partition coefficient (Wildman–Crippen LogP) is 3.98. The van der Waals surface area contributed by atoms with E-state index >= 15 is 0 Å². The minimum Gasteiger partial charge on any atom is -0.399 e. The zero-order chi connectivity index (χ0) is 25.0. The summed E-state index contributed by atoms with van der Waals surface area (Å²) in [4.78, 5) is 38.5. The normalized spacial score (nSPS) is 12.0. The Morgan fingerprint density at radius 3 is 2.24 bits per heavy atom. The number of imide groups is 1. The molecule has 0 unspecified atom stereocenters. The summed E-state index contributed by atoms with van der Waals surface area (Å²) in [6, 6.07) is 14.6. The Morgan fingerprint density at radius 1 is 1.15 bits per heavy atom. The van der Waals surface area contributed by atoms with Crippen molar-refractivity contribution in [2.45, 2.75) is 6.92 Å².